The molecule has 62 valence electrons. The smallest absolute Gasteiger partial charge is 0.189 e. The van der Waals surface area contributed by atoms with Crippen molar-refractivity contribution >= 4 is 44.8 Å². The van der Waals surface area contributed by atoms with Gasteiger partial charge in [-0.05, 0) is 6.07 Å². The van der Waals surface area contributed by atoms with Gasteiger partial charge in [-0.15, -0.1) is 15.2 Å². The first kappa shape index (κ1) is 9.25. The van der Waals surface area contributed by atoms with E-state index >= 15 is 0 Å². The number of hydrogen-bond acceptors (Lipinski definition) is 3. The van der Waals surface area contributed by atoms with Gasteiger partial charge in [-0.3, -0.25) is 0 Å². The molecule has 0 aliphatic carbocycles. The molecule has 0 amide bonds. The molecule has 0 aromatic carbocycles. The second kappa shape index (κ2) is 2.90. The summed E-state index contributed by atoms with van der Waals surface area (Å²) in [4.78, 5) is -0.561. The van der Waals surface area contributed by atoms with Crippen LogP contribution in [-0.4, -0.2) is 8.42 Å². The van der Waals surface area contributed by atoms with E-state index in [1.165, 1.54) is 0 Å². The fourth-order valence-electron chi connectivity index (χ4n) is 0.491. The molecule has 1 aromatic rings. The summed E-state index contributed by atoms with van der Waals surface area (Å²) in [5.74, 6) is 0. The Hall–Kier alpha value is 0.160. The molecule has 0 radical (unpaired) electrons. The summed E-state index contributed by atoms with van der Waals surface area (Å²) < 4.78 is 32.7. The van der Waals surface area contributed by atoms with E-state index in [0.717, 1.165) is 17.4 Å². The highest BCUT2D eigenvalue weighted by Gasteiger charge is 2.19. The van der Waals surface area contributed by atoms with Gasteiger partial charge in [0, 0.05) is 0 Å². The summed E-state index contributed by atoms with van der Waals surface area (Å²) in [5, 5.41) is 0. The fraction of sp³-hybridized carbons (Fsp3) is 0. The lowest BCUT2D eigenvalue weighted by atomic mass is 10.7. The lowest BCUT2D eigenvalue weighted by molar-refractivity contribution is 0.552. The van der Waals surface area contributed by atoms with Crippen molar-refractivity contribution in [3.63, 3.8) is 0 Å². The minimum absolute atomic E-state index is 0.145. The number of rotatable bonds is 1. The van der Waals surface area contributed by atoms with Crippen LogP contribution >= 0.6 is 34.5 Å². The first-order valence-corrected chi connectivity index (χ1v) is 5.26. The largest absolute Gasteiger partial charge is 0.334 e. The van der Waals surface area contributed by atoms with Gasteiger partial charge in [-0.2, -0.15) is 8.42 Å². The highest BCUT2D eigenvalue weighted by atomic mass is 35.5. The van der Waals surface area contributed by atoms with Crippen molar-refractivity contribution in [2.45, 2.75) is 4.90 Å². The van der Waals surface area contributed by atoms with E-state index in [9.17, 15) is 12.3 Å². The third-order valence-electron chi connectivity index (χ3n) is 0.888. The minimum Gasteiger partial charge on any atom is -0.189 e. The van der Waals surface area contributed by atoms with Crippen molar-refractivity contribution in [2.75, 3.05) is 0 Å². The van der Waals surface area contributed by atoms with Crippen LogP contribution in [0.25, 0.3) is 0 Å². The first-order valence-electron chi connectivity index (χ1n) is 2.31. The normalized spacial score (nSPS) is 11.9. The molecule has 0 atom stereocenters. The zero-order chi connectivity index (χ0) is 8.65. The molecule has 0 unspecified atom stereocenters. The Morgan fingerprint density at radius 2 is 2.00 bits per heavy atom. The van der Waals surface area contributed by atoms with Gasteiger partial charge in [-0.1, -0.05) is 23.2 Å². The lowest BCUT2D eigenvalue weighted by Gasteiger charge is -1.86. The van der Waals surface area contributed by atoms with Crippen molar-refractivity contribution in [2.24, 2.45) is 0 Å². The average molecular weight is 235 g/mol. The maximum atomic E-state index is 12.2. The molecular weight excluding hydrogens is 234 g/mol. The summed E-state index contributed by atoms with van der Waals surface area (Å²) >= 11 is 11.5. The van der Waals surface area contributed by atoms with Crippen LogP contribution in [0.2, 0.25) is 8.67 Å². The molecule has 0 fully saturated rings. The van der Waals surface area contributed by atoms with Gasteiger partial charge in [0.05, 0.1) is 4.34 Å². The van der Waals surface area contributed by atoms with Crippen LogP contribution in [0.3, 0.4) is 0 Å². The first-order chi connectivity index (χ1) is 4.91. The Morgan fingerprint density at radius 3 is 2.18 bits per heavy atom. The van der Waals surface area contributed by atoms with Crippen LogP contribution in [0, 0.1) is 0 Å². The highest BCUT2D eigenvalue weighted by molar-refractivity contribution is 7.86. The summed E-state index contributed by atoms with van der Waals surface area (Å²) in [6, 6.07) is 0.976. The van der Waals surface area contributed by atoms with E-state index in [1.807, 2.05) is 0 Å². The van der Waals surface area contributed by atoms with Crippen molar-refractivity contribution in [1.82, 2.24) is 0 Å². The van der Waals surface area contributed by atoms with E-state index in [4.69, 9.17) is 23.2 Å². The van der Waals surface area contributed by atoms with E-state index in [1.54, 1.807) is 0 Å². The molecule has 0 saturated carbocycles. The lowest BCUT2D eigenvalue weighted by Crippen LogP contribution is -1.88. The Bertz CT molecular complexity index is 369. The number of halogens is 3. The molecule has 1 rings (SSSR count). The van der Waals surface area contributed by atoms with Crippen LogP contribution in [0.1, 0.15) is 0 Å². The van der Waals surface area contributed by atoms with Gasteiger partial charge in [-0.25, -0.2) is 0 Å². The quantitative estimate of drug-likeness (QED) is 0.701. The van der Waals surface area contributed by atoms with E-state index in [-0.39, 0.29) is 8.67 Å². The molecule has 0 saturated heterocycles. The topological polar surface area (TPSA) is 34.1 Å². The standard InChI is InChI=1S/C4HCl2FO2S2/c5-3-1-2(4(6)10-3)11(7,8)9/h1H. The molecule has 11 heavy (non-hydrogen) atoms. The van der Waals surface area contributed by atoms with E-state index in [0.29, 0.717) is 0 Å². The van der Waals surface area contributed by atoms with Gasteiger partial charge in [0.1, 0.15) is 9.23 Å². The van der Waals surface area contributed by atoms with Crippen molar-refractivity contribution in [3.05, 3.63) is 14.7 Å². The second-order valence-corrected chi connectivity index (χ2v) is 5.23. The highest BCUT2D eigenvalue weighted by Crippen LogP contribution is 2.34. The maximum absolute atomic E-state index is 12.2. The van der Waals surface area contributed by atoms with Gasteiger partial charge in [0.25, 0.3) is 0 Å². The Morgan fingerprint density at radius 1 is 1.45 bits per heavy atom. The van der Waals surface area contributed by atoms with Crippen molar-refractivity contribution in [1.29, 1.82) is 0 Å². The molecular formula is C4HCl2FO2S2. The molecule has 0 N–H and O–H groups in total. The Balaban J connectivity index is 3.36. The van der Waals surface area contributed by atoms with Crippen LogP contribution in [0.5, 0.6) is 0 Å². The zero-order valence-electron chi connectivity index (χ0n) is 4.84. The predicted molar refractivity (Wildman–Crippen MR) is 42.6 cm³/mol. The van der Waals surface area contributed by atoms with Crippen molar-refractivity contribution in [3.8, 4) is 0 Å². The van der Waals surface area contributed by atoms with Gasteiger partial charge in [0.15, 0.2) is 0 Å². The summed E-state index contributed by atoms with van der Waals surface area (Å²) in [6.45, 7) is 0. The van der Waals surface area contributed by atoms with Crippen LogP contribution < -0.4 is 0 Å². The zero-order valence-corrected chi connectivity index (χ0v) is 7.99. The van der Waals surface area contributed by atoms with E-state index < -0.39 is 15.1 Å². The fourth-order valence-corrected chi connectivity index (χ4v) is 3.05. The van der Waals surface area contributed by atoms with Crippen LogP contribution in [0.4, 0.5) is 3.89 Å². The molecule has 0 aliphatic heterocycles. The Labute approximate surface area is 76.8 Å². The Kier molecular flexibility index (Phi) is 2.43. The second-order valence-electron chi connectivity index (χ2n) is 1.63. The molecule has 2 nitrogen and oxygen atoms in total. The minimum atomic E-state index is -4.72. The molecule has 1 aromatic heterocycles. The number of hydrogen-bond donors (Lipinski definition) is 0. The molecule has 7 heteroatoms. The molecule has 0 spiro atoms. The third-order valence-corrected chi connectivity index (χ3v) is 3.46. The molecule has 0 bridgehead atoms. The summed E-state index contributed by atoms with van der Waals surface area (Å²) in [7, 11) is -4.72. The van der Waals surface area contributed by atoms with Crippen LogP contribution in [0.15, 0.2) is 11.0 Å². The molecule has 0 aliphatic rings. The van der Waals surface area contributed by atoms with Crippen molar-refractivity contribution < 1.29 is 12.3 Å². The summed E-state index contributed by atoms with van der Waals surface area (Å²) in [5.41, 5.74) is 0. The third kappa shape index (κ3) is 2.05. The monoisotopic (exact) mass is 234 g/mol. The van der Waals surface area contributed by atoms with Crippen LogP contribution in [-0.2, 0) is 10.2 Å². The van der Waals surface area contributed by atoms with Gasteiger partial charge in [0.2, 0.25) is 0 Å². The van der Waals surface area contributed by atoms with Gasteiger partial charge < -0.3 is 0 Å². The predicted octanol–water partition coefficient (Wildman–Crippen LogP) is 2.71. The van der Waals surface area contributed by atoms with E-state index in [2.05, 4.69) is 0 Å². The number of thiophene rings is 1. The summed E-state index contributed by atoms with van der Waals surface area (Å²) in [6.07, 6.45) is 0. The van der Waals surface area contributed by atoms with Gasteiger partial charge >= 0.3 is 10.2 Å². The maximum Gasteiger partial charge on any atom is 0.334 e. The SMILES string of the molecule is O=S(=O)(F)c1cc(Cl)sc1Cl. The average Bonchev–Trinajstić information content (AvgIpc) is 2.08. The molecule has 1 heterocycles.